The lowest BCUT2D eigenvalue weighted by atomic mass is 10.2. The number of nitrogens with one attached hydrogen (secondary N) is 1. The highest BCUT2D eigenvalue weighted by Gasteiger charge is 2.19. The second-order valence-corrected chi connectivity index (χ2v) is 6.26. The van der Waals surface area contributed by atoms with Crippen molar-refractivity contribution >= 4 is 34.9 Å². The lowest BCUT2D eigenvalue weighted by Crippen LogP contribution is -2.24. The SMILES string of the molecule is CC(C(=O)Nc1nn(Cc2ccccc2F)cc1Cl)n1cc(Cl)cn1. The summed E-state index contributed by atoms with van der Waals surface area (Å²) in [4.78, 5) is 12.3. The number of hydrogen-bond acceptors (Lipinski definition) is 3. The number of amides is 1. The first kappa shape index (κ1) is 17.4. The van der Waals surface area contributed by atoms with E-state index in [4.69, 9.17) is 23.2 Å². The second kappa shape index (κ2) is 7.25. The Bertz CT molecular complexity index is 908. The van der Waals surface area contributed by atoms with Gasteiger partial charge in [0.2, 0.25) is 5.91 Å². The zero-order valence-corrected chi connectivity index (χ0v) is 14.7. The van der Waals surface area contributed by atoms with Crippen molar-refractivity contribution in [1.29, 1.82) is 0 Å². The fourth-order valence-corrected chi connectivity index (χ4v) is 2.57. The van der Waals surface area contributed by atoms with Gasteiger partial charge in [-0.15, -0.1) is 0 Å². The number of carbonyl (C=O) groups excluding carboxylic acids is 1. The molecule has 0 fully saturated rings. The molecule has 1 amide bonds. The van der Waals surface area contributed by atoms with Crippen LogP contribution in [0.5, 0.6) is 0 Å². The zero-order valence-electron chi connectivity index (χ0n) is 13.2. The summed E-state index contributed by atoms with van der Waals surface area (Å²) < 4.78 is 16.6. The smallest absolute Gasteiger partial charge is 0.250 e. The molecule has 0 saturated heterocycles. The van der Waals surface area contributed by atoms with Gasteiger partial charge in [0.25, 0.3) is 0 Å². The molecule has 1 unspecified atom stereocenters. The molecule has 6 nitrogen and oxygen atoms in total. The molecule has 9 heteroatoms. The highest BCUT2D eigenvalue weighted by molar-refractivity contribution is 6.33. The average molecular weight is 382 g/mol. The van der Waals surface area contributed by atoms with Crippen LogP contribution in [0.1, 0.15) is 18.5 Å². The summed E-state index contributed by atoms with van der Waals surface area (Å²) in [6.07, 6.45) is 4.52. The molecule has 0 saturated carbocycles. The van der Waals surface area contributed by atoms with Crippen LogP contribution < -0.4 is 5.32 Å². The Morgan fingerprint density at radius 2 is 2.08 bits per heavy atom. The topological polar surface area (TPSA) is 64.7 Å². The molecule has 2 aromatic heterocycles. The van der Waals surface area contributed by atoms with Gasteiger partial charge < -0.3 is 5.32 Å². The van der Waals surface area contributed by atoms with Gasteiger partial charge in [-0.3, -0.25) is 14.2 Å². The van der Waals surface area contributed by atoms with Crippen LogP contribution in [-0.4, -0.2) is 25.5 Å². The van der Waals surface area contributed by atoms with Crippen LogP contribution in [0.4, 0.5) is 10.2 Å². The third kappa shape index (κ3) is 4.00. The summed E-state index contributed by atoms with van der Waals surface area (Å²) >= 11 is 11.9. The average Bonchev–Trinajstić information content (AvgIpc) is 3.15. The van der Waals surface area contributed by atoms with E-state index < -0.39 is 6.04 Å². The van der Waals surface area contributed by atoms with E-state index in [1.807, 2.05) is 0 Å². The van der Waals surface area contributed by atoms with Crippen LogP contribution in [0.25, 0.3) is 0 Å². The van der Waals surface area contributed by atoms with Crippen LogP contribution >= 0.6 is 23.2 Å². The summed E-state index contributed by atoms with van der Waals surface area (Å²) in [5, 5.41) is 11.5. The highest BCUT2D eigenvalue weighted by Crippen LogP contribution is 2.22. The van der Waals surface area contributed by atoms with Crippen LogP contribution in [-0.2, 0) is 11.3 Å². The summed E-state index contributed by atoms with van der Waals surface area (Å²) in [7, 11) is 0. The number of halogens is 3. The lowest BCUT2D eigenvalue weighted by molar-refractivity contribution is -0.119. The van der Waals surface area contributed by atoms with Gasteiger partial charge in [-0.2, -0.15) is 10.2 Å². The molecule has 1 N–H and O–H groups in total. The number of rotatable bonds is 5. The van der Waals surface area contributed by atoms with Crippen molar-refractivity contribution in [2.24, 2.45) is 0 Å². The fraction of sp³-hybridized carbons (Fsp3) is 0.188. The Balaban J connectivity index is 1.72. The first-order chi connectivity index (χ1) is 11.9. The Hall–Kier alpha value is -2.38. The van der Waals surface area contributed by atoms with Crippen LogP contribution in [0.15, 0.2) is 42.9 Å². The highest BCUT2D eigenvalue weighted by atomic mass is 35.5. The molecule has 2 heterocycles. The predicted octanol–water partition coefficient (Wildman–Crippen LogP) is 3.77. The van der Waals surface area contributed by atoms with E-state index in [0.717, 1.165) is 0 Å². The maximum absolute atomic E-state index is 13.7. The van der Waals surface area contributed by atoms with Gasteiger partial charge in [0.05, 0.1) is 17.8 Å². The molecular weight excluding hydrogens is 368 g/mol. The minimum atomic E-state index is -0.597. The lowest BCUT2D eigenvalue weighted by Gasteiger charge is -2.11. The monoisotopic (exact) mass is 381 g/mol. The zero-order chi connectivity index (χ0) is 18.0. The molecule has 0 spiro atoms. The van der Waals surface area contributed by atoms with E-state index in [1.165, 1.54) is 27.8 Å². The van der Waals surface area contributed by atoms with Crippen molar-refractivity contribution in [3.8, 4) is 0 Å². The Morgan fingerprint density at radius 1 is 1.32 bits per heavy atom. The van der Waals surface area contributed by atoms with Gasteiger partial charge in [-0.1, -0.05) is 41.4 Å². The summed E-state index contributed by atoms with van der Waals surface area (Å²) in [5.74, 6) is -0.477. The minimum Gasteiger partial charge on any atom is -0.306 e. The van der Waals surface area contributed by atoms with Crippen LogP contribution in [0.3, 0.4) is 0 Å². The summed E-state index contributed by atoms with van der Waals surface area (Å²) in [6, 6.07) is 5.79. The number of benzene rings is 1. The van der Waals surface area contributed by atoms with E-state index in [9.17, 15) is 9.18 Å². The van der Waals surface area contributed by atoms with Gasteiger partial charge in [0.1, 0.15) is 16.9 Å². The number of anilines is 1. The molecule has 0 aliphatic heterocycles. The molecule has 1 aromatic carbocycles. The second-order valence-electron chi connectivity index (χ2n) is 5.42. The molecule has 0 aliphatic rings. The van der Waals surface area contributed by atoms with Crippen molar-refractivity contribution in [3.05, 3.63) is 64.3 Å². The number of carbonyl (C=O) groups is 1. The number of hydrogen-bond donors (Lipinski definition) is 1. The number of nitrogens with zero attached hydrogens (tertiary/aromatic N) is 4. The van der Waals surface area contributed by atoms with Crippen LogP contribution in [0, 0.1) is 5.82 Å². The van der Waals surface area contributed by atoms with Gasteiger partial charge in [0, 0.05) is 18.0 Å². The molecule has 0 aliphatic carbocycles. The maximum Gasteiger partial charge on any atom is 0.250 e. The molecule has 3 rings (SSSR count). The van der Waals surface area contributed by atoms with E-state index in [0.29, 0.717) is 10.6 Å². The van der Waals surface area contributed by atoms with Crippen molar-refractivity contribution in [2.45, 2.75) is 19.5 Å². The largest absolute Gasteiger partial charge is 0.306 e. The van der Waals surface area contributed by atoms with E-state index in [-0.39, 0.29) is 29.1 Å². The normalized spacial score (nSPS) is 12.2. The Kier molecular flexibility index (Phi) is 5.06. The van der Waals surface area contributed by atoms with E-state index >= 15 is 0 Å². The first-order valence-corrected chi connectivity index (χ1v) is 8.16. The van der Waals surface area contributed by atoms with Gasteiger partial charge in [0.15, 0.2) is 5.82 Å². The van der Waals surface area contributed by atoms with Crippen molar-refractivity contribution < 1.29 is 9.18 Å². The molecule has 1 atom stereocenters. The van der Waals surface area contributed by atoms with Gasteiger partial charge in [-0.25, -0.2) is 4.39 Å². The quantitative estimate of drug-likeness (QED) is 0.731. The van der Waals surface area contributed by atoms with Crippen molar-refractivity contribution in [1.82, 2.24) is 19.6 Å². The maximum atomic E-state index is 13.7. The number of aromatic nitrogens is 4. The molecule has 25 heavy (non-hydrogen) atoms. The van der Waals surface area contributed by atoms with Crippen molar-refractivity contribution in [2.75, 3.05) is 5.32 Å². The molecule has 130 valence electrons. The van der Waals surface area contributed by atoms with Crippen LogP contribution in [0.2, 0.25) is 10.0 Å². The van der Waals surface area contributed by atoms with Gasteiger partial charge >= 0.3 is 0 Å². The summed E-state index contributed by atoms with van der Waals surface area (Å²) in [6.45, 7) is 1.87. The fourth-order valence-electron chi connectivity index (χ4n) is 2.23. The Labute approximate surface area is 153 Å². The van der Waals surface area contributed by atoms with Gasteiger partial charge in [-0.05, 0) is 13.0 Å². The molecule has 0 radical (unpaired) electrons. The summed E-state index contributed by atoms with van der Waals surface area (Å²) in [5.41, 5.74) is 0.471. The van der Waals surface area contributed by atoms with E-state index in [1.54, 1.807) is 31.3 Å². The minimum absolute atomic E-state index is 0.201. The third-order valence-electron chi connectivity index (χ3n) is 3.60. The predicted molar refractivity (Wildman–Crippen MR) is 93.3 cm³/mol. The molecular formula is C16H14Cl2FN5O. The first-order valence-electron chi connectivity index (χ1n) is 7.41. The standard InChI is InChI=1S/C16H14Cl2FN5O/c1-10(24-8-12(17)6-20-24)16(25)21-15-13(18)9-23(22-15)7-11-4-2-3-5-14(11)19/h2-6,8-10H,7H2,1H3,(H,21,22,25). The van der Waals surface area contributed by atoms with Crippen molar-refractivity contribution in [3.63, 3.8) is 0 Å². The van der Waals surface area contributed by atoms with E-state index in [2.05, 4.69) is 15.5 Å². The third-order valence-corrected chi connectivity index (χ3v) is 4.07. The molecule has 3 aromatic rings. The molecule has 0 bridgehead atoms. The Morgan fingerprint density at radius 3 is 2.76 bits per heavy atom.